The van der Waals surface area contributed by atoms with Gasteiger partial charge in [0, 0.05) is 35.8 Å². The molecule has 2 amide bonds. The summed E-state index contributed by atoms with van der Waals surface area (Å²) in [6, 6.07) is 13.7. The fourth-order valence-corrected chi connectivity index (χ4v) is 7.07. The first kappa shape index (κ1) is 31.1. The summed E-state index contributed by atoms with van der Waals surface area (Å²) in [6.07, 6.45) is 0.691. The van der Waals surface area contributed by atoms with Crippen LogP contribution in [0.1, 0.15) is 23.2 Å². The SMILES string of the molecule is COc1cc(NS(=O)(=O)c2ccc(Cl)cc2)c(C(=O)Nc2ccc(S(=O)(=O)N3CCC(C(N)=O)CC3)cc2)cc1OC. The van der Waals surface area contributed by atoms with Crippen LogP contribution in [0.15, 0.2) is 70.5 Å². The van der Waals surface area contributed by atoms with Crippen LogP contribution in [-0.2, 0) is 24.8 Å². The van der Waals surface area contributed by atoms with Crippen LogP contribution in [0.4, 0.5) is 11.4 Å². The highest BCUT2D eigenvalue weighted by molar-refractivity contribution is 7.92. The van der Waals surface area contributed by atoms with Crippen molar-refractivity contribution in [3.05, 3.63) is 71.2 Å². The van der Waals surface area contributed by atoms with E-state index in [2.05, 4.69) is 10.0 Å². The number of piperidine rings is 1. The smallest absolute Gasteiger partial charge is 0.261 e. The van der Waals surface area contributed by atoms with E-state index in [4.69, 9.17) is 26.8 Å². The highest BCUT2D eigenvalue weighted by Crippen LogP contribution is 2.35. The number of methoxy groups -OCH3 is 2. The Balaban J connectivity index is 1.57. The first-order valence-electron chi connectivity index (χ1n) is 12.6. The minimum Gasteiger partial charge on any atom is -0.493 e. The number of nitrogens with two attached hydrogens (primary N) is 1. The Morgan fingerprint density at radius 3 is 1.98 bits per heavy atom. The van der Waals surface area contributed by atoms with E-state index in [1.54, 1.807) is 0 Å². The van der Waals surface area contributed by atoms with E-state index in [0.717, 1.165) is 0 Å². The molecule has 12 nitrogen and oxygen atoms in total. The van der Waals surface area contributed by atoms with Gasteiger partial charge in [0.25, 0.3) is 15.9 Å². The van der Waals surface area contributed by atoms with Gasteiger partial charge < -0.3 is 20.5 Å². The zero-order valence-electron chi connectivity index (χ0n) is 22.7. The second-order valence-electron chi connectivity index (χ2n) is 9.37. The predicted molar refractivity (Wildman–Crippen MR) is 157 cm³/mol. The number of anilines is 2. The highest BCUT2D eigenvalue weighted by atomic mass is 35.5. The van der Waals surface area contributed by atoms with Crippen LogP contribution in [0.25, 0.3) is 0 Å². The third-order valence-corrected chi connectivity index (χ3v) is 10.3. The Bertz CT molecular complexity index is 1690. The number of amides is 2. The number of hydrogen-bond donors (Lipinski definition) is 3. The first-order chi connectivity index (χ1) is 19.8. The summed E-state index contributed by atoms with van der Waals surface area (Å²) in [5, 5.41) is 3.00. The maximum absolute atomic E-state index is 13.4. The van der Waals surface area contributed by atoms with Gasteiger partial charge >= 0.3 is 0 Å². The Kier molecular flexibility index (Phi) is 9.30. The zero-order chi connectivity index (χ0) is 30.7. The van der Waals surface area contributed by atoms with Gasteiger partial charge in [0.05, 0.1) is 35.3 Å². The number of rotatable bonds is 10. The van der Waals surface area contributed by atoms with Crippen molar-refractivity contribution in [2.75, 3.05) is 37.3 Å². The molecule has 4 rings (SSSR count). The van der Waals surface area contributed by atoms with Gasteiger partial charge in [-0.2, -0.15) is 4.31 Å². The number of halogens is 1. The van der Waals surface area contributed by atoms with Gasteiger partial charge in [-0.1, -0.05) is 11.6 Å². The molecule has 0 aliphatic carbocycles. The van der Waals surface area contributed by atoms with Crippen LogP contribution in [0.2, 0.25) is 5.02 Å². The van der Waals surface area contributed by atoms with E-state index in [9.17, 15) is 26.4 Å². The summed E-state index contributed by atoms with van der Waals surface area (Å²) >= 11 is 5.88. The third kappa shape index (κ3) is 6.78. The maximum atomic E-state index is 13.4. The van der Waals surface area contributed by atoms with Crippen molar-refractivity contribution in [3.63, 3.8) is 0 Å². The number of nitrogens with zero attached hydrogens (tertiary/aromatic N) is 1. The van der Waals surface area contributed by atoms with Crippen LogP contribution in [-0.4, -0.2) is 60.3 Å². The van der Waals surface area contributed by atoms with Gasteiger partial charge in [-0.15, -0.1) is 0 Å². The molecule has 0 saturated carbocycles. The molecule has 1 heterocycles. The molecule has 0 aromatic heterocycles. The number of benzene rings is 3. The molecule has 42 heavy (non-hydrogen) atoms. The van der Waals surface area contributed by atoms with Gasteiger partial charge in [0.1, 0.15) is 0 Å². The fourth-order valence-electron chi connectivity index (χ4n) is 4.41. The highest BCUT2D eigenvalue weighted by Gasteiger charge is 2.31. The number of ether oxygens (including phenoxy) is 2. The van der Waals surface area contributed by atoms with Gasteiger partial charge in [-0.25, -0.2) is 16.8 Å². The largest absolute Gasteiger partial charge is 0.493 e. The first-order valence-corrected chi connectivity index (χ1v) is 15.9. The van der Waals surface area contributed by atoms with Crippen molar-refractivity contribution in [3.8, 4) is 11.5 Å². The monoisotopic (exact) mass is 636 g/mol. The molecule has 1 aliphatic heterocycles. The normalized spacial score (nSPS) is 14.6. The minimum absolute atomic E-state index is 0.0144. The van der Waals surface area contributed by atoms with E-state index >= 15 is 0 Å². The summed E-state index contributed by atoms with van der Waals surface area (Å²) in [7, 11) is -5.22. The quantitative estimate of drug-likeness (QED) is 0.304. The minimum atomic E-state index is -4.13. The number of hydrogen-bond acceptors (Lipinski definition) is 8. The van der Waals surface area contributed by atoms with Crippen LogP contribution in [0.5, 0.6) is 11.5 Å². The lowest BCUT2D eigenvalue weighted by Crippen LogP contribution is -2.41. The predicted octanol–water partition coefficient (Wildman–Crippen LogP) is 3.30. The lowest BCUT2D eigenvalue weighted by atomic mass is 9.98. The maximum Gasteiger partial charge on any atom is 0.261 e. The molecule has 0 atom stereocenters. The Morgan fingerprint density at radius 2 is 1.43 bits per heavy atom. The van der Waals surface area contributed by atoms with E-state index in [0.29, 0.717) is 17.9 Å². The van der Waals surface area contributed by atoms with Gasteiger partial charge in [-0.05, 0) is 67.4 Å². The number of carbonyl (C=O) groups excluding carboxylic acids is 2. The molecule has 0 unspecified atom stereocenters. The molecule has 1 saturated heterocycles. The summed E-state index contributed by atoms with van der Waals surface area (Å²) in [6.45, 7) is 0.338. The molecule has 4 N–H and O–H groups in total. The number of sulfonamides is 2. The molecule has 3 aromatic rings. The van der Waals surface area contributed by atoms with E-state index in [-0.39, 0.29) is 57.2 Å². The average molecular weight is 637 g/mol. The molecule has 15 heteroatoms. The topological polar surface area (TPSA) is 174 Å². The summed E-state index contributed by atoms with van der Waals surface area (Å²) in [5.41, 5.74) is 5.43. The van der Waals surface area contributed by atoms with E-state index in [1.807, 2.05) is 0 Å². The molecule has 1 aliphatic rings. The molecule has 1 fully saturated rings. The molecule has 0 bridgehead atoms. The second kappa shape index (κ2) is 12.6. The number of carbonyl (C=O) groups is 2. The Hall–Kier alpha value is -3.85. The number of nitrogens with one attached hydrogen (secondary N) is 2. The standard InChI is InChI=1S/C27H29ClN4O8S2/c1-39-24-15-22(23(16-25(24)40-2)31-41(35,36)20-7-3-18(28)4-8-20)27(34)30-19-5-9-21(10-6-19)42(37,38)32-13-11-17(12-14-32)26(29)33/h3-10,15-17,31H,11-14H2,1-2H3,(H2,29,33)(H,30,34). The van der Waals surface area contributed by atoms with Gasteiger partial charge in [0.15, 0.2) is 11.5 Å². The summed E-state index contributed by atoms with van der Waals surface area (Å²) in [5.74, 6) is -1.14. The average Bonchev–Trinajstić information content (AvgIpc) is 2.97. The second-order valence-corrected chi connectivity index (χ2v) is 13.4. The lowest BCUT2D eigenvalue weighted by Gasteiger charge is -2.29. The number of primary amides is 1. The van der Waals surface area contributed by atoms with Crippen molar-refractivity contribution >= 4 is 54.8 Å². The molecule has 224 valence electrons. The van der Waals surface area contributed by atoms with E-state index in [1.165, 1.54) is 79.2 Å². The van der Waals surface area contributed by atoms with Crippen LogP contribution in [0.3, 0.4) is 0 Å². The Labute approximate surface area is 248 Å². The fraction of sp³-hybridized carbons (Fsp3) is 0.259. The molecule has 0 radical (unpaired) electrons. The Morgan fingerprint density at radius 1 is 0.881 bits per heavy atom. The van der Waals surface area contributed by atoms with Crippen molar-refractivity contribution in [1.29, 1.82) is 0 Å². The van der Waals surface area contributed by atoms with Crippen LogP contribution < -0.4 is 25.2 Å². The van der Waals surface area contributed by atoms with Crippen molar-refractivity contribution < 1.29 is 35.9 Å². The van der Waals surface area contributed by atoms with Gasteiger partial charge in [-0.3, -0.25) is 14.3 Å². The van der Waals surface area contributed by atoms with E-state index < -0.39 is 31.9 Å². The molecular weight excluding hydrogens is 608 g/mol. The molecular formula is C27H29ClN4O8S2. The van der Waals surface area contributed by atoms with Crippen LogP contribution >= 0.6 is 11.6 Å². The molecule has 3 aromatic carbocycles. The van der Waals surface area contributed by atoms with Crippen molar-refractivity contribution in [2.45, 2.75) is 22.6 Å². The summed E-state index contributed by atoms with van der Waals surface area (Å²) in [4.78, 5) is 24.7. The third-order valence-electron chi connectivity index (χ3n) is 6.74. The lowest BCUT2D eigenvalue weighted by molar-refractivity contribution is -0.122. The zero-order valence-corrected chi connectivity index (χ0v) is 25.1. The molecule has 0 spiro atoms. The summed E-state index contributed by atoms with van der Waals surface area (Å²) < 4.78 is 66.6. The van der Waals surface area contributed by atoms with Crippen molar-refractivity contribution in [2.24, 2.45) is 11.7 Å². The van der Waals surface area contributed by atoms with Crippen LogP contribution in [0, 0.1) is 5.92 Å². The van der Waals surface area contributed by atoms with Crippen molar-refractivity contribution in [1.82, 2.24) is 4.31 Å². The van der Waals surface area contributed by atoms with Gasteiger partial charge in [0.2, 0.25) is 15.9 Å².